The fourth-order valence-electron chi connectivity index (χ4n) is 0.282. The SMILES string of the molecule is [CH2]C(CC=C)SC. The van der Waals surface area contributed by atoms with E-state index in [-0.39, 0.29) is 0 Å². The van der Waals surface area contributed by atoms with Crippen molar-refractivity contribution >= 4 is 11.8 Å². The van der Waals surface area contributed by atoms with Gasteiger partial charge in [0.05, 0.1) is 0 Å². The van der Waals surface area contributed by atoms with Crippen molar-refractivity contribution in [2.24, 2.45) is 0 Å². The lowest BCUT2D eigenvalue weighted by molar-refractivity contribution is 1.08. The van der Waals surface area contributed by atoms with E-state index in [0.29, 0.717) is 5.25 Å². The molecule has 7 heavy (non-hydrogen) atoms. The van der Waals surface area contributed by atoms with Crippen molar-refractivity contribution in [3.63, 3.8) is 0 Å². The predicted octanol–water partition coefficient (Wildman–Crippen LogP) is 2.13. The Kier molecular flexibility index (Phi) is 4.31. The molecule has 0 aliphatic rings. The fourth-order valence-corrected chi connectivity index (χ4v) is 0.611. The molecule has 41 valence electrons. The molecule has 0 saturated heterocycles. The van der Waals surface area contributed by atoms with E-state index in [9.17, 15) is 0 Å². The van der Waals surface area contributed by atoms with Gasteiger partial charge in [-0.2, -0.15) is 11.8 Å². The van der Waals surface area contributed by atoms with Crippen molar-refractivity contribution in [2.75, 3.05) is 6.26 Å². The molecular weight excluding hydrogens is 104 g/mol. The van der Waals surface area contributed by atoms with Crippen LogP contribution in [0, 0.1) is 6.92 Å². The van der Waals surface area contributed by atoms with E-state index in [1.165, 1.54) is 0 Å². The van der Waals surface area contributed by atoms with Crippen molar-refractivity contribution in [1.82, 2.24) is 0 Å². The van der Waals surface area contributed by atoms with E-state index in [1.807, 2.05) is 6.08 Å². The minimum absolute atomic E-state index is 0.498. The Hall–Kier alpha value is 0.0900. The van der Waals surface area contributed by atoms with Gasteiger partial charge >= 0.3 is 0 Å². The van der Waals surface area contributed by atoms with Crippen LogP contribution in [-0.2, 0) is 0 Å². The molecule has 0 bridgehead atoms. The van der Waals surface area contributed by atoms with Gasteiger partial charge in [-0.1, -0.05) is 6.08 Å². The van der Waals surface area contributed by atoms with Crippen LogP contribution in [0.15, 0.2) is 12.7 Å². The predicted molar refractivity (Wildman–Crippen MR) is 37.5 cm³/mol. The van der Waals surface area contributed by atoms with E-state index in [0.717, 1.165) is 6.42 Å². The summed E-state index contributed by atoms with van der Waals surface area (Å²) in [5.74, 6) is 0. The average molecular weight is 115 g/mol. The summed E-state index contributed by atoms with van der Waals surface area (Å²) >= 11 is 1.77. The molecule has 0 heterocycles. The number of hydrogen-bond donors (Lipinski definition) is 0. The first-order valence-corrected chi connectivity index (χ1v) is 3.56. The average Bonchev–Trinajstić information content (AvgIpc) is 1.68. The summed E-state index contributed by atoms with van der Waals surface area (Å²) < 4.78 is 0. The molecule has 0 saturated carbocycles. The summed E-state index contributed by atoms with van der Waals surface area (Å²) in [4.78, 5) is 0. The van der Waals surface area contributed by atoms with E-state index < -0.39 is 0 Å². The topological polar surface area (TPSA) is 0 Å². The normalized spacial score (nSPS) is 13.4. The molecule has 0 aromatic heterocycles. The van der Waals surface area contributed by atoms with Gasteiger partial charge in [0.15, 0.2) is 0 Å². The van der Waals surface area contributed by atoms with Crippen LogP contribution in [0.5, 0.6) is 0 Å². The zero-order chi connectivity index (χ0) is 5.70. The molecule has 0 aliphatic carbocycles. The van der Waals surface area contributed by atoms with Crippen molar-refractivity contribution in [3.8, 4) is 0 Å². The third-order valence-electron chi connectivity index (χ3n) is 0.763. The van der Waals surface area contributed by atoms with Crippen LogP contribution in [0.25, 0.3) is 0 Å². The van der Waals surface area contributed by atoms with Crippen LogP contribution in [0.4, 0.5) is 0 Å². The lowest BCUT2D eigenvalue weighted by Crippen LogP contribution is -1.89. The largest absolute Gasteiger partial charge is 0.162 e. The maximum absolute atomic E-state index is 3.84. The van der Waals surface area contributed by atoms with Gasteiger partial charge in [0, 0.05) is 5.25 Å². The van der Waals surface area contributed by atoms with Crippen molar-refractivity contribution in [3.05, 3.63) is 19.6 Å². The fraction of sp³-hybridized carbons (Fsp3) is 0.500. The summed E-state index contributed by atoms with van der Waals surface area (Å²) in [6.45, 7) is 7.43. The third kappa shape index (κ3) is 3.93. The molecule has 0 aliphatic heterocycles. The Labute approximate surface area is 50.0 Å². The summed E-state index contributed by atoms with van der Waals surface area (Å²) in [5.41, 5.74) is 0. The highest BCUT2D eigenvalue weighted by Crippen LogP contribution is 2.07. The zero-order valence-electron chi connectivity index (χ0n) is 4.68. The highest BCUT2D eigenvalue weighted by atomic mass is 32.2. The number of thioether (sulfide) groups is 1. The molecule has 1 heteroatoms. The Balaban J connectivity index is 2.98. The summed E-state index contributed by atoms with van der Waals surface area (Å²) in [5, 5.41) is 0.498. The molecule has 0 fully saturated rings. The minimum Gasteiger partial charge on any atom is -0.162 e. The van der Waals surface area contributed by atoms with E-state index in [1.54, 1.807) is 11.8 Å². The Morgan fingerprint density at radius 1 is 1.86 bits per heavy atom. The molecule has 0 rings (SSSR count). The second-order valence-electron chi connectivity index (χ2n) is 1.38. The molecule has 0 amide bonds. The van der Waals surface area contributed by atoms with Crippen LogP contribution >= 0.6 is 11.8 Å². The summed E-state index contributed by atoms with van der Waals surface area (Å²) in [7, 11) is 0. The molecule has 1 radical (unpaired) electrons. The quantitative estimate of drug-likeness (QED) is 0.508. The smallest absolute Gasteiger partial charge is 0.00790 e. The van der Waals surface area contributed by atoms with E-state index >= 15 is 0 Å². The van der Waals surface area contributed by atoms with E-state index in [2.05, 4.69) is 19.8 Å². The van der Waals surface area contributed by atoms with Gasteiger partial charge in [-0.05, 0) is 19.6 Å². The first-order valence-electron chi connectivity index (χ1n) is 2.28. The molecular formula is C6H11S. The van der Waals surface area contributed by atoms with Gasteiger partial charge in [-0.3, -0.25) is 0 Å². The Morgan fingerprint density at radius 2 is 2.43 bits per heavy atom. The van der Waals surface area contributed by atoms with Crippen LogP contribution in [-0.4, -0.2) is 11.5 Å². The van der Waals surface area contributed by atoms with Gasteiger partial charge in [0.2, 0.25) is 0 Å². The monoisotopic (exact) mass is 115 g/mol. The zero-order valence-corrected chi connectivity index (χ0v) is 5.50. The minimum atomic E-state index is 0.498. The highest BCUT2D eigenvalue weighted by molar-refractivity contribution is 7.99. The first kappa shape index (κ1) is 7.09. The summed E-state index contributed by atoms with van der Waals surface area (Å²) in [6.07, 6.45) is 4.97. The summed E-state index contributed by atoms with van der Waals surface area (Å²) in [6, 6.07) is 0. The second kappa shape index (κ2) is 4.25. The second-order valence-corrected chi connectivity index (χ2v) is 2.52. The van der Waals surface area contributed by atoms with Crippen LogP contribution in [0.3, 0.4) is 0 Å². The van der Waals surface area contributed by atoms with Gasteiger partial charge < -0.3 is 0 Å². The van der Waals surface area contributed by atoms with Crippen molar-refractivity contribution in [2.45, 2.75) is 11.7 Å². The molecule has 0 nitrogen and oxygen atoms in total. The lowest BCUT2D eigenvalue weighted by Gasteiger charge is -1.99. The van der Waals surface area contributed by atoms with Gasteiger partial charge in [0.1, 0.15) is 0 Å². The number of rotatable bonds is 3. The van der Waals surface area contributed by atoms with Crippen LogP contribution < -0.4 is 0 Å². The number of allylic oxidation sites excluding steroid dienone is 1. The van der Waals surface area contributed by atoms with Crippen LogP contribution in [0.1, 0.15) is 6.42 Å². The van der Waals surface area contributed by atoms with Gasteiger partial charge in [0.25, 0.3) is 0 Å². The molecule has 0 aromatic rings. The molecule has 1 unspecified atom stereocenters. The Morgan fingerprint density at radius 3 is 2.57 bits per heavy atom. The maximum atomic E-state index is 3.84. The standard InChI is InChI=1S/C6H11S/c1-4-5-6(2)7-3/h4,6H,1-2,5H2,3H3. The first-order chi connectivity index (χ1) is 3.31. The lowest BCUT2D eigenvalue weighted by atomic mass is 10.3. The molecule has 0 aromatic carbocycles. The van der Waals surface area contributed by atoms with Crippen molar-refractivity contribution < 1.29 is 0 Å². The van der Waals surface area contributed by atoms with Gasteiger partial charge in [-0.15, -0.1) is 6.58 Å². The molecule has 1 atom stereocenters. The van der Waals surface area contributed by atoms with Gasteiger partial charge in [-0.25, -0.2) is 0 Å². The maximum Gasteiger partial charge on any atom is 0.00790 e. The van der Waals surface area contributed by atoms with E-state index in [4.69, 9.17) is 0 Å². The van der Waals surface area contributed by atoms with Crippen molar-refractivity contribution in [1.29, 1.82) is 0 Å². The highest BCUT2D eigenvalue weighted by Gasteiger charge is 1.91. The third-order valence-corrected chi connectivity index (χ3v) is 1.62. The number of hydrogen-bond acceptors (Lipinski definition) is 1. The Bertz CT molecular complexity index is 50.1. The van der Waals surface area contributed by atoms with Crippen LogP contribution in [0.2, 0.25) is 0 Å². The molecule has 0 N–H and O–H groups in total. The molecule has 0 spiro atoms.